The minimum atomic E-state index is -0.941. The van der Waals surface area contributed by atoms with Gasteiger partial charge in [-0.3, -0.25) is 14.6 Å². The summed E-state index contributed by atoms with van der Waals surface area (Å²) >= 11 is 0. The standard InChI is InChI=1S/C11H14N2O3/c1-11(2,10(15)16)6-8-5-7(9(12)14)3-4-13-8/h3-5H,6H2,1-2H3,(H2,12,14)(H,15,16)/i/hD. The number of nitrogens with two attached hydrogens (primary N) is 1. The van der Waals surface area contributed by atoms with Gasteiger partial charge in [0.15, 0.2) is 1.41 Å². The molecule has 86 valence electrons. The summed E-state index contributed by atoms with van der Waals surface area (Å²) < 4.78 is 6.75. The van der Waals surface area contributed by atoms with Gasteiger partial charge in [-0.05, 0) is 26.0 Å². The summed E-state index contributed by atoms with van der Waals surface area (Å²) in [7, 11) is 0. The van der Waals surface area contributed by atoms with Gasteiger partial charge in [0.25, 0.3) is 0 Å². The van der Waals surface area contributed by atoms with Crippen molar-refractivity contribution >= 4 is 11.9 Å². The molecular formula is C11H14N2O3. The average Bonchev–Trinajstić information content (AvgIpc) is 2.27. The van der Waals surface area contributed by atoms with Gasteiger partial charge in [-0.15, -0.1) is 0 Å². The van der Waals surface area contributed by atoms with Crippen LogP contribution in [0.3, 0.4) is 0 Å². The second-order valence-corrected chi connectivity index (χ2v) is 4.23. The number of rotatable bonds is 4. The van der Waals surface area contributed by atoms with E-state index in [1.54, 1.807) is 19.6 Å². The average molecular weight is 223 g/mol. The number of hydrogen-bond donors (Lipinski definition) is 2. The van der Waals surface area contributed by atoms with Crippen LogP contribution in [0.15, 0.2) is 18.3 Å². The Morgan fingerprint density at radius 3 is 2.88 bits per heavy atom. The van der Waals surface area contributed by atoms with Gasteiger partial charge in [0.2, 0.25) is 5.91 Å². The van der Waals surface area contributed by atoms with E-state index in [4.69, 9.17) is 6.52 Å². The molecule has 5 nitrogen and oxygen atoms in total. The Morgan fingerprint density at radius 2 is 2.31 bits per heavy atom. The van der Waals surface area contributed by atoms with Crippen LogP contribution in [0.25, 0.3) is 0 Å². The molecule has 1 rings (SSSR count). The third kappa shape index (κ3) is 2.79. The number of nitrogens with zero attached hydrogens (tertiary/aromatic N) is 1. The van der Waals surface area contributed by atoms with E-state index in [2.05, 4.69) is 4.98 Å². The summed E-state index contributed by atoms with van der Waals surface area (Å²) in [5.74, 6) is -1.46. The highest BCUT2D eigenvalue weighted by Crippen LogP contribution is 2.21. The molecule has 0 aliphatic heterocycles. The predicted octanol–water partition coefficient (Wildman–Crippen LogP) is 0.834. The lowest BCUT2D eigenvalue weighted by molar-refractivity contribution is -0.146. The molecule has 0 atom stereocenters. The highest BCUT2D eigenvalue weighted by Gasteiger charge is 2.28. The molecule has 0 saturated carbocycles. The third-order valence-corrected chi connectivity index (χ3v) is 2.28. The molecule has 3 N–H and O–H groups in total. The number of aliphatic carboxylic acids is 1. The summed E-state index contributed by atoms with van der Waals surface area (Å²) in [6, 6.07) is 2.97. The van der Waals surface area contributed by atoms with Crippen LogP contribution < -0.4 is 5.73 Å². The summed E-state index contributed by atoms with van der Waals surface area (Å²) in [6.07, 6.45) is 1.65. The third-order valence-electron chi connectivity index (χ3n) is 2.28. The number of amides is 1. The number of primary amides is 1. The molecule has 0 saturated heterocycles. The zero-order valence-corrected chi connectivity index (χ0v) is 9.15. The minimum absolute atomic E-state index is 0.224. The van der Waals surface area contributed by atoms with E-state index in [0.29, 0.717) is 11.3 Å². The highest BCUT2D eigenvalue weighted by atomic mass is 16.4. The van der Waals surface area contributed by atoms with Crippen molar-refractivity contribution in [2.24, 2.45) is 11.1 Å². The molecule has 1 aromatic heterocycles. The molecule has 0 spiro atoms. The van der Waals surface area contributed by atoms with E-state index in [1.807, 2.05) is 0 Å². The van der Waals surface area contributed by atoms with Crippen molar-refractivity contribution in [1.82, 2.24) is 4.98 Å². The van der Waals surface area contributed by atoms with Crippen LogP contribution in [0.5, 0.6) is 0 Å². The Kier molecular flexibility index (Phi) is 2.85. The number of carbonyl (C=O) groups is 2. The van der Waals surface area contributed by atoms with Crippen molar-refractivity contribution in [3.8, 4) is 0 Å². The number of carbonyl (C=O) groups excluding carboxylic acids is 1. The molecule has 0 bridgehead atoms. The van der Waals surface area contributed by atoms with Gasteiger partial charge in [0.05, 0.1) is 5.41 Å². The molecule has 1 heterocycles. The van der Waals surface area contributed by atoms with Crippen LogP contribution in [-0.4, -0.2) is 22.0 Å². The fourth-order valence-electron chi connectivity index (χ4n) is 1.24. The van der Waals surface area contributed by atoms with Gasteiger partial charge in [0, 0.05) is 23.9 Å². The number of hydrogen-bond acceptors (Lipinski definition) is 3. The first kappa shape index (κ1) is 10.6. The molecular weight excluding hydrogens is 208 g/mol. The lowest BCUT2D eigenvalue weighted by Gasteiger charge is -2.18. The van der Waals surface area contributed by atoms with Crippen molar-refractivity contribution in [2.75, 3.05) is 0 Å². The summed E-state index contributed by atoms with van der Waals surface area (Å²) in [5, 5.41) is 8.99. The van der Waals surface area contributed by atoms with Gasteiger partial charge in [-0.1, -0.05) is 0 Å². The highest BCUT2D eigenvalue weighted by molar-refractivity contribution is 5.92. The molecule has 0 radical (unpaired) electrons. The monoisotopic (exact) mass is 223 g/mol. The van der Waals surface area contributed by atoms with Crippen molar-refractivity contribution in [3.63, 3.8) is 0 Å². The second-order valence-electron chi connectivity index (χ2n) is 4.23. The number of carboxylic acids is 1. The number of pyridine rings is 1. The lowest BCUT2D eigenvalue weighted by Crippen LogP contribution is -2.26. The number of carboxylic acid groups (broad SMARTS) is 1. The maximum Gasteiger partial charge on any atom is 0.309 e. The maximum absolute atomic E-state index is 11.2. The smallest absolute Gasteiger partial charge is 0.309 e. The van der Waals surface area contributed by atoms with E-state index in [9.17, 15) is 9.59 Å². The molecule has 0 aromatic carbocycles. The summed E-state index contributed by atoms with van der Waals surface area (Å²) in [5.41, 5.74) is 1.63. The fraction of sp³-hybridized carbons (Fsp3) is 0.364. The van der Waals surface area contributed by atoms with Crippen molar-refractivity contribution < 1.29 is 16.1 Å². The first-order valence-corrected chi connectivity index (χ1v) is 4.77. The Balaban J connectivity index is 2.93. The quantitative estimate of drug-likeness (QED) is 0.790. The fourth-order valence-corrected chi connectivity index (χ4v) is 1.24. The normalized spacial score (nSPS) is 11.8. The molecule has 0 aliphatic carbocycles. The van der Waals surface area contributed by atoms with E-state index in [1.165, 1.54) is 18.3 Å². The van der Waals surface area contributed by atoms with Crippen molar-refractivity contribution in [3.05, 3.63) is 29.6 Å². The first-order valence-electron chi connectivity index (χ1n) is 5.27. The van der Waals surface area contributed by atoms with Gasteiger partial charge >= 0.3 is 5.97 Å². The van der Waals surface area contributed by atoms with Gasteiger partial charge in [-0.25, -0.2) is 0 Å². The van der Waals surface area contributed by atoms with Crippen LogP contribution in [0, 0.1) is 5.41 Å². The molecule has 0 unspecified atom stereocenters. The van der Waals surface area contributed by atoms with Crippen molar-refractivity contribution in [2.45, 2.75) is 20.3 Å². The summed E-state index contributed by atoms with van der Waals surface area (Å²) in [4.78, 5) is 26.2. The first-order chi connectivity index (χ1) is 7.86. The van der Waals surface area contributed by atoms with Crippen LogP contribution in [0.4, 0.5) is 0 Å². The summed E-state index contributed by atoms with van der Waals surface area (Å²) in [6.45, 7) is 3.18. The zero-order chi connectivity index (χ0) is 13.1. The minimum Gasteiger partial charge on any atom is -0.481 e. The van der Waals surface area contributed by atoms with Crippen LogP contribution in [-0.2, 0) is 11.2 Å². The van der Waals surface area contributed by atoms with Gasteiger partial charge in [0.1, 0.15) is 0 Å². The molecule has 16 heavy (non-hydrogen) atoms. The Morgan fingerprint density at radius 1 is 1.62 bits per heavy atom. The van der Waals surface area contributed by atoms with Crippen LogP contribution in [0.1, 0.15) is 29.9 Å². The Labute approximate surface area is 94.8 Å². The van der Waals surface area contributed by atoms with Crippen LogP contribution in [0.2, 0.25) is 1.41 Å². The molecule has 5 heteroatoms. The largest absolute Gasteiger partial charge is 0.481 e. The predicted molar refractivity (Wildman–Crippen MR) is 57.9 cm³/mol. The molecule has 1 aromatic rings. The Hall–Kier alpha value is -1.91. The zero-order valence-electron chi connectivity index (χ0n) is 10.2. The Bertz CT molecular complexity index is 446. The van der Waals surface area contributed by atoms with E-state index >= 15 is 0 Å². The number of aromatic nitrogens is 1. The van der Waals surface area contributed by atoms with E-state index in [-0.39, 0.29) is 6.42 Å². The molecule has 0 aliphatic rings. The van der Waals surface area contributed by atoms with Crippen molar-refractivity contribution in [1.29, 1.82) is 0 Å². The second kappa shape index (κ2) is 4.30. The van der Waals surface area contributed by atoms with E-state index in [0.717, 1.165) is 0 Å². The maximum atomic E-state index is 11.2. The van der Waals surface area contributed by atoms with Gasteiger partial charge in [-0.2, -0.15) is 0 Å². The molecule has 0 fully saturated rings. The topological polar surface area (TPSA) is 93.3 Å². The van der Waals surface area contributed by atoms with Crippen LogP contribution >= 0.6 is 0 Å². The van der Waals surface area contributed by atoms with Gasteiger partial charge < -0.3 is 10.8 Å². The van der Waals surface area contributed by atoms with E-state index < -0.39 is 17.3 Å². The molecule has 1 amide bonds. The lowest BCUT2D eigenvalue weighted by atomic mass is 9.87. The SMILES string of the molecule is [2H]NC(=O)c1ccnc(CC(C)(C)C(=O)O)c1.